The molecule has 0 saturated carbocycles. The van der Waals surface area contributed by atoms with Crippen LogP contribution in [0.2, 0.25) is 19.6 Å². The Morgan fingerprint density at radius 3 is 2.18 bits per heavy atom. The quantitative estimate of drug-likeness (QED) is 0.513. The van der Waals surface area contributed by atoms with Gasteiger partial charge in [-0.3, -0.25) is 4.79 Å². The molecule has 3 nitrogen and oxygen atoms in total. The lowest BCUT2D eigenvalue weighted by Gasteiger charge is -2.22. The minimum Gasteiger partial charge on any atom is -0.468 e. The van der Waals surface area contributed by atoms with Gasteiger partial charge in [-0.05, 0) is 6.92 Å². The van der Waals surface area contributed by atoms with Crippen LogP contribution in [0.3, 0.4) is 0 Å². The van der Waals surface area contributed by atoms with Crippen LogP contribution >= 0.6 is 0 Å². The molecule has 4 heteroatoms. The molecule has 0 aliphatic carbocycles. The van der Waals surface area contributed by atoms with Crippen LogP contribution in [0.15, 0.2) is 0 Å². The molecule has 66 valence electrons. The molecule has 0 saturated heterocycles. The molecule has 0 aromatic heterocycles. The molecule has 0 aliphatic rings. The summed E-state index contributed by atoms with van der Waals surface area (Å²) in [5, 5.41) is 0. The predicted octanol–water partition coefficient (Wildman–Crippen LogP) is 0.972. The fourth-order valence-electron chi connectivity index (χ4n) is 0.885. The molecular formula is C7H17NO2Si. The van der Waals surface area contributed by atoms with Gasteiger partial charge in [0.1, 0.15) is 8.24 Å². The van der Waals surface area contributed by atoms with Gasteiger partial charge in [0.05, 0.1) is 13.2 Å². The normalized spacial score (nSPS) is 14.3. The van der Waals surface area contributed by atoms with Crippen LogP contribution in [-0.4, -0.2) is 27.4 Å². The van der Waals surface area contributed by atoms with Crippen LogP contribution < -0.4 is 4.98 Å². The van der Waals surface area contributed by atoms with Crippen LogP contribution in [0, 0.1) is 0 Å². The molecule has 0 aliphatic heterocycles. The fourth-order valence-corrected chi connectivity index (χ4v) is 2.30. The van der Waals surface area contributed by atoms with E-state index in [-0.39, 0.29) is 12.0 Å². The van der Waals surface area contributed by atoms with Gasteiger partial charge in [-0.25, -0.2) is 0 Å². The first-order valence-corrected chi connectivity index (χ1v) is 7.22. The average Bonchev–Trinajstić information content (AvgIpc) is 1.82. The molecule has 0 aromatic rings. The maximum absolute atomic E-state index is 10.9. The Hall–Kier alpha value is -0.353. The molecule has 0 amide bonds. The number of methoxy groups -OCH3 is 1. The monoisotopic (exact) mass is 175 g/mol. The summed E-state index contributed by atoms with van der Waals surface area (Å²) in [5.41, 5.74) is 0. The summed E-state index contributed by atoms with van der Waals surface area (Å²) in [6.07, 6.45) is 0. The highest BCUT2D eigenvalue weighted by Gasteiger charge is 2.21. The maximum Gasteiger partial charge on any atom is 0.321 e. The highest BCUT2D eigenvalue weighted by Crippen LogP contribution is 1.97. The van der Waals surface area contributed by atoms with Crippen molar-refractivity contribution in [2.45, 2.75) is 32.6 Å². The smallest absolute Gasteiger partial charge is 0.321 e. The zero-order chi connectivity index (χ0) is 9.07. The Morgan fingerprint density at radius 2 is 1.91 bits per heavy atom. The highest BCUT2D eigenvalue weighted by molar-refractivity contribution is 6.73. The third-order valence-corrected chi connectivity index (χ3v) is 2.50. The largest absolute Gasteiger partial charge is 0.468 e. The van der Waals surface area contributed by atoms with Gasteiger partial charge >= 0.3 is 5.97 Å². The third kappa shape index (κ3) is 4.98. The summed E-state index contributed by atoms with van der Waals surface area (Å²) in [7, 11) is 0.0573. The SMILES string of the molecule is COC(=O)[C@@H](C)N[Si](C)(C)C. The Labute approximate surface area is 69.2 Å². The summed E-state index contributed by atoms with van der Waals surface area (Å²) in [6.45, 7) is 8.26. The lowest BCUT2D eigenvalue weighted by Crippen LogP contribution is -2.50. The first-order valence-electron chi connectivity index (χ1n) is 3.72. The predicted molar refractivity (Wildman–Crippen MR) is 48.0 cm³/mol. The molecule has 11 heavy (non-hydrogen) atoms. The minimum absolute atomic E-state index is 0.174. The number of hydrogen-bond acceptors (Lipinski definition) is 3. The third-order valence-electron chi connectivity index (χ3n) is 1.20. The van der Waals surface area contributed by atoms with Crippen LogP contribution in [0.1, 0.15) is 6.92 Å². The van der Waals surface area contributed by atoms with Crippen LogP contribution in [0.4, 0.5) is 0 Å². The summed E-state index contributed by atoms with van der Waals surface area (Å²) >= 11 is 0. The van der Waals surface area contributed by atoms with Crippen molar-refractivity contribution >= 4 is 14.2 Å². The molecular weight excluding hydrogens is 158 g/mol. The van der Waals surface area contributed by atoms with E-state index in [0.717, 1.165) is 0 Å². The topological polar surface area (TPSA) is 38.3 Å². The van der Waals surface area contributed by atoms with Crippen LogP contribution in [0.5, 0.6) is 0 Å². The Kier molecular flexibility index (Phi) is 3.75. The van der Waals surface area contributed by atoms with Gasteiger partial charge in [-0.2, -0.15) is 0 Å². The summed E-state index contributed by atoms with van der Waals surface area (Å²) in [5.74, 6) is -0.188. The van der Waals surface area contributed by atoms with E-state index in [1.165, 1.54) is 7.11 Å². The van der Waals surface area contributed by atoms with Gasteiger partial charge < -0.3 is 9.72 Å². The maximum atomic E-state index is 10.9. The summed E-state index contributed by atoms with van der Waals surface area (Å²) < 4.78 is 4.58. The molecule has 0 heterocycles. The van der Waals surface area contributed by atoms with Crippen molar-refractivity contribution in [1.29, 1.82) is 0 Å². The van der Waals surface area contributed by atoms with Crippen molar-refractivity contribution in [3.05, 3.63) is 0 Å². The first kappa shape index (κ1) is 10.6. The molecule has 0 aromatic carbocycles. The van der Waals surface area contributed by atoms with Gasteiger partial charge in [0.25, 0.3) is 0 Å². The van der Waals surface area contributed by atoms with Crippen molar-refractivity contribution in [2.75, 3.05) is 7.11 Å². The van der Waals surface area contributed by atoms with Gasteiger partial charge in [-0.15, -0.1) is 0 Å². The Balaban J connectivity index is 3.87. The van der Waals surface area contributed by atoms with Crippen molar-refractivity contribution in [3.63, 3.8) is 0 Å². The molecule has 0 fully saturated rings. The molecule has 0 bridgehead atoms. The van der Waals surface area contributed by atoms with Crippen molar-refractivity contribution in [2.24, 2.45) is 0 Å². The molecule has 1 N–H and O–H groups in total. The first-order chi connectivity index (χ1) is 4.87. The summed E-state index contributed by atoms with van der Waals surface area (Å²) in [6, 6.07) is -0.174. The second-order valence-corrected chi connectivity index (χ2v) is 8.43. The second-order valence-electron chi connectivity index (χ2n) is 3.64. The second kappa shape index (κ2) is 3.87. The lowest BCUT2D eigenvalue weighted by atomic mass is 10.4. The standard InChI is InChI=1S/C7H17NO2Si/c1-6(7(9)10-2)8-11(3,4)5/h6,8H,1-5H3/t6-/m1/s1. The zero-order valence-corrected chi connectivity index (χ0v) is 8.89. The number of hydrogen-bond donors (Lipinski definition) is 1. The van der Waals surface area contributed by atoms with E-state index < -0.39 is 8.24 Å². The van der Waals surface area contributed by atoms with Crippen LogP contribution in [-0.2, 0) is 9.53 Å². The Bertz CT molecular complexity index is 142. The van der Waals surface area contributed by atoms with E-state index >= 15 is 0 Å². The molecule has 0 radical (unpaired) electrons. The van der Waals surface area contributed by atoms with E-state index in [9.17, 15) is 4.79 Å². The number of rotatable bonds is 3. The van der Waals surface area contributed by atoms with Crippen molar-refractivity contribution in [1.82, 2.24) is 4.98 Å². The number of carbonyl (C=O) groups is 1. The van der Waals surface area contributed by atoms with E-state index in [1.54, 1.807) is 0 Å². The lowest BCUT2D eigenvalue weighted by molar-refractivity contribution is -0.142. The van der Waals surface area contributed by atoms with Gasteiger partial charge in [0.15, 0.2) is 0 Å². The number of esters is 1. The number of ether oxygens (including phenoxy) is 1. The van der Waals surface area contributed by atoms with Crippen LogP contribution in [0.25, 0.3) is 0 Å². The molecule has 0 spiro atoms. The zero-order valence-electron chi connectivity index (χ0n) is 7.89. The highest BCUT2D eigenvalue weighted by atomic mass is 28.3. The van der Waals surface area contributed by atoms with Crippen molar-refractivity contribution < 1.29 is 9.53 Å². The van der Waals surface area contributed by atoms with E-state index in [1.807, 2.05) is 6.92 Å². The molecule has 1 atom stereocenters. The Morgan fingerprint density at radius 1 is 1.45 bits per heavy atom. The number of carbonyl (C=O) groups excluding carboxylic acids is 1. The van der Waals surface area contributed by atoms with Gasteiger partial charge in [0, 0.05) is 0 Å². The van der Waals surface area contributed by atoms with Crippen molar-refractivity contribution in [3.8, 4) is 0 Å². The van der Waals surface area contributed by atoms with E-state index in [0.29, 0.717) is 0 Å². The van der Waals surface area contributed by atoms with Gasteiger partial charge in [0.2, 0.25) is 0 Å². The van der Waals surface area contributed by atoms with E-state index in [2.05, 4.69) is 29.4 Å². The molecule has 0 unspecified atom stereocenters. The minimum atomic E-state index is -1.35. The summed E-state index contributed by atoms with van der Waals surface area (Å²) in [4.78, 5) is 14.2. The average molecular weight is 175 g/mol. The van der Waals surface area contributed by atoms with Gasteiger partial charge in [-0.1, -0.05) is 19.6 Å². The fraction of sp³-hybridized carbons (Fsp3) is 0.857. The number of nitrogens with one attached hydrogen (secondary N) is 1. The van der Waals surface area contributed by atoms with E-state index in [4.69, 9.17) is 0 Å². The molecule has 0 rings (SSSR count).